The van der Waals surface area contributed by atoms with Crippen molar-refractivity contribution in [3.05, 3.63) is 30.1 Å². The Bertz CT molecular complexity index is 408. The first-order valence-corrected chi connectivity index (χ1v) is 4.99. The molecular formula is C11H12FNO4. The number of aliphatic carboxylic acids is 1. The van der Waals surface area contributed by atoms with Crippen LogP contribution >= 0.6 is 0 Å². The predicted molar refractivity (Wildman–Crippen MR) is 58.2 cm³/mol. The second-order valence-electron chi connectivity index (χ2n) is 3.24. The number of carbonyl (C=O) groups is 2. The van der Waals surface area contributed by atoms with Gasteiger partial charge < -0.3 is 9.84 Å². The maximum Gasteiger partial charge on any atom is 0.411 e. The minimum absolute atomic E-state index is 0.0212. The van der Waals surface area contributed by atoms with Crippen LogP contribution in [0.3, 0.4) is 0 Å². The Labute approximate surface area is 97.2 Å². The van der Waals surface area contributed by atoms with Crippen molar-refractivity contribution in [2.45, 2.75) is 12.8 Å². The Morgan fingerprint density at radius 1 is 1.35 bits per heavy atom. The van der Waals surface area contributed by atoms with E-state index in [2.05, 4.69) is 10.1 Å². The summed E-state index contributed by atoms with van der Waals surface area (Å²) in [6.45, 7) is -0.0212. The molecule has 0 radical (unpaired) electrons. The van der Waals surface area contributed by atoms with Gasteiger partial charge in [0.2, 0.25) is 0 Å². The molecule has 0 bridgehead atoms. The highest BCUT2D eigenvalue weighted by Gasteiger charge is 2.07. The number of anilines is 1. The molecular weight excluding hydrogens is 229 g/mol. The number of ether oxygens (including phenoxy) is 1. The van der Waals surface area contributed by atoms with E-state index >= 15 is 0 Å². The summed E-state index contributed by atoms with van der Waals surface area (Å²) in [7, 11) is 0. The molecule has 0 fully saturated rings. The number of amides is 1. The Hall–Kier alpha value is -2.11. The summed E-state index contributed by atoms with van der Waals surface area (Å²) in [5, 5.41) is 10.6. The highest BCUT2D eigenvalue weighted by atomic mass is 19.1. The molecule has 0 heterocycles. The number of hydrogen-bond acceptors (Lipinski definition) is 3. The normalized spacial score (nSPS) is 9.71. The van der Waals surface area contributed by atoms with E-state index in [0.29, 0.717) is 0 Å². The lowest BCUT2D eigenvalue weighted by Crippen LogP contribution is -2.15. The maximum absolute atomic E-state index is 13.1. The van der Waals surface area contributed by atoms with Gasteiger partial charge in [-0.2, -0.15) is 0 Å². The SMILES string of the molecule is O=C(O)CCCOC(=O)Nc1ccccc1F. The number of benzene rings is 1. The molecule has 0 aliphatic rings. The molecule has 6 heteroatoms. The van der Waals surface area contributed by atoms with Crippen LogP contribution in [0.1, 0.15) is 12.8 Å². The van der Waals surface area contributed by atoms with Gasteiger partial charge in [0.15, 0.2) is 0 Å². The van der Waals surface area contributed by atoms with Crippen LogP contribution in [-0.4, -0.2) is 23.8 Å². The second kappa shape index (κ2) is 6.47. The first kappa shape index (κ1) is 13.0. The molecule has 17 heavy (non-hydrogen) atoms. The number of para-hydroxylation sites is 1. The van der Waals surface area contributed by atoms with Gasteiger partial charge in [0.05, 0.1) is 12.3 Å². The lowest BCUT2D eigenvalue weighted by molar-refractivity contribution is -0.137. The van der Waals surface area contributed by atoms with Crippen molar-refractivity contribution in [1.29, 1.82) is 0 Å². The predicted octanol–water partition coefficient (Wildman–Crippen LogP) is 2.24. The highest BCUT2D eigenvalue weighted by Crippen LogP contribution is 2.12. The smallest absolute Gasteiger partial charge is 0.411 e. The largest absolute Gasteiger partial charge is 0.481 e. The highest BCUT2D eigenvalue weighted by molar-refractivity contribution is 5.84. The van der Waals surface area contributed by atoms with E-state index in [4.69, 9.17) is 5.11 Å². The molecule has 2 N–H and O–H groups in total. The molecule has 5 nitrogen and oxygen atoms in total. The first-order valence-electron chi connectivity index (χ1n) is 4.99. The number of halogens is 1. The van der Waals surface area contributed by atoms with Crippen molar-refractivity contribution in [1.82, 2.24) is 0 Å². The van der Waals surface area contributed by atoms with E-state index < -0.39 is 17.9 Å². The van der Waals surface area contributed by atoms with E-state index in [1.54, 1.807) is 6.07 Å². The van der Waals surface area contributed by atoms with Crippen LogP contribution in [0.2, 0.25) is 0 Å². The minimum atomic E-state index is -0.955. The number of carbonyl (C=O) groups excluding carboxylic acids is 1. The van der Waals surface area contributed by atoms with Gasteiger partial charge in [-0.25, -0.2) is 9.18 Å². The summed E-state index contributed by atoms with van der Waals surface area (Å²) < 4.78 is 17.8. The zero-order valence-corrected chi connectivity index (χ0v) is 8.98. The Morgan fingerprint density at radius 3 is 2.71 bits per heavy atom. The van der Waals surface area contributed by atoms with Crippen LogP contribution in [-0.2, 0) is 9.53 Å². The quantitative estimate of drug-likeness (QED) is 0.775. The van der Waals surface area contributed by atoms with E-state index in [1.165, 1.54) is 18.2 Å². The summed E-state index contributed by atoms with van der Waals surface area (Å²) >= 11 is 0. The average Bonchev–Trinajstić information content (AvgIpc) is 2.27. The molecule has 0 unspecified atom stereocenters. The van der Waals surface area contributed by atoms with Crippen molar-refractivity contribution in [2.75, 3.05) is 11.9 Å². The first-order chi connectivity index (χ1) is 8.09. The van der Waals surface area contributed by atoms with Gasteiger partial charge >= 0.3 is 12.1 Å². The van der Waals surface area contributed by atoms with Gasteiger partial charge in [-0.3, -0.25) is 10.1 Å². The molecule has 0 spiro atoms. The van der Waals surface area contributed by atoms with E-state index in [0.717, 1.165) is 0 Å². The van der Waals surface area contributed by atoms with Crippen molar-refractivity contribution in [3.63, 3.8) is 0 Å². The van der Waals surface area contributed by atoms with Crippen LogP contribution in [0.15, 0.2) is 24.3 Å². The third-order valence-electron chi connectivity index (χ3n) is 1.88. The molecule has 0 aliphatic heterocycles. The molecule has 1 aromatic rings. The zero-order valence-electron chi connectivity index (χ0n) is 8.98. The van der Waals surface area contributed by atoms with Crippen molar-refractivity contribution >= 4 is 17.7 Å². The lowest BCUT2D eigenvalue weighted by Gasteiger charge is -2.06. The zero-order chi connectivity index (χ0) is 12.7. The number of hydrogen-bond donors (Lipinski definition) is 2. The molecule has 0 saturated carbocycles. The van der Waals surface area contributed by atoms with E-state index in [-0.39, 0.29) is 25.1 Å². The summed E-state index contributed by atoms with van der Waals surface area (Å²) in [4.78, 5) is 21.3. The van der Waals surface area contributed by atoms with Crippen LogP contribution < -0.4 is 5.32 Å². The van der Waals surface area contributed by atoms with E-state index in [9.17, 15) is 14.0 Å². The standard InChI is InChI=1S/C11H12FNO4/c12-8-4-1-2-5-9(8)13-11(16)17-7-3-6-10(14)15/h1-2,4-5H,3,6-7H2,(H,13,16)(H,14,15). The van der Waals surface area contributed by atoms with Crippen LogP contribution in [0.5, 0.6) is 0 Å². The van der Waals surface area contributed by atoms with Crippen LogP contribution in [0.25, 0.3) is 0 Å². The molecule has 0 aromatic heterocycles. The number of carboxylic acids is 1. The molecule has 0 saturated heterocycles. The van der Waals surface area contributed by atoms with E-state index in [1.807, 2.05) is 0 Å². The molecule has 1 rings (SSSR count). The summed E-state index contributed by atoms with van der Waals surface area (Å²) in [6, 6.07) is 5.68. The Balaban J connectivity index is 2.30. The van der Waals surface area contributed by atoms with Gasteiger partial charge in [0, 0.05) is 6.42 Å². The third-order valence-corrected chi connectivity index (χ3v) is 1.88. The third kappa shape index (κ3) is 4.96. The molecule has 0 aliphatic carbocycles. The summed E-state index contributed by atoms with van der Waals surface area (Å²) in [5.41, 5.74) is 0.0238. The monoisotopic (exact) mass is 241 g/mol. The molecule has 0 atom stereocenters. The van der Waals surface area contributed by atoms with Gasteiger partial charge in [-0.15, -0.1) is 0 Å². The van der Waals surface area contributed by atoms with Crippen LogP contribution in [0, 0.1) is 5.82 Å². The topological polar surface area (TPSA) is 75.6 Å². The summed E-state index contributed by atoms with van der Waals surface area (Å²) in [5.74, 6) is -1.52. The van der Waals surface area contributed by atoms with Gasteiger partial charge in [0.25, 0.3) is 0 Å². The van der Waals surface area contributed by atoms with Crippen molar-refractivity contribution < 1.29 is 23.8 Å². The fourth-order valence-electron chi connectivity index (χ4n) is 1.10. The summed E-state index contributed by atoms with van der Waals surface area (Å²) in [6.07, 6.45) is -0.659. The van der Waals surface area contributed by atoms with Crippen molar-refractivity contribution in [2.24, 2.45) is 0 Å². The second-order valence-corrected chi connectivity index (χ2v) is 3.24. The fraction of sp³-hybridized carbons (Fsp3) is 0.273. The minimum Gasteiger partial charge on any atom is -0.481 e. The number of rotatable bonds is 5. The Kier molecular flexibility index (Phi) is 4.93. The fourth-order valence-corrected chi connectivity index (χ4v) is 1.10. The Morgan fingerprint density at radius 2 is 2.06 bits per heavy atom. The maximum atomic E-state index is 13.1. The molecule has 92 valence electrons. The van der Waals surface area contributed by atoms with Crippen LogP contribution in [0.4, 0.5) is 14.9 Å². The van der Waals surface area contributed by atoms with Crippen molar-refractivity contribution in [3.8, 4) is 0 Å². The molecule has 1 aromatic carbocycles. The lowest BCUT2D eigenvalue weighted by atomic mass is 10.3. The van der Waals surface area contributed by atoms with Gasteiger partial charge in [0.1, 0.15) is 5.82 Å². The molecule has 1 amide bonds. The number of nitrogens with one attached hydrogen (secondary N) is 1. The average molecular weight is 241 g/mol. The van der Waals surface area contributed by atoms with Gasteiger partial charge in [-0.05, 0) is 18.6 Å². The number of carboxylic acid groups (broad SMARTS) is 1. The van der Waals surface area contributed by atoms with Gasteiger partial charge in [-0.1, -0.05) is 12.1 Å².